The van der Waals surface area contributed by atoms with Crippen LogP contribution < -0.4 is 5.73 Å². The molecule has 94 valence electrons. The zero-order valence-electron chi connectivity index (χ0n) is 9.98. The van der Waals surface area contributed by atoms with Gasteiger partial charge in [-0.15, -0.1) is 0 Å². The largest absolute Gasteiger partial charge is 0.350 e. The molecule has 1 amide bonds. The minimum atomic E-state index is -0.572. The molecule has 0 radical (unpaired) electrons. The van der Waals surface area contributed by atoms with E-state index in [4.69, 9.17) is 5.73 Å². The van der Waals surface area contributed by atoms with Crippen LogP contribution in [0.3, 0.4) is 0 Å². The molecule has 0 atom stereocenters. The number of carbonyl (C=O) groups excluding carboxylic acids is 1. The third-order valence-corrected chi connectivity index (χ3v) is 3.73. The number of benzene rings is 2. The monoisotopic (exact) mass is 269 g/mol. The topological polar surface area (TPSA) is 60.9 Å². The second kappa shape index (κ2) is 4.78. The van der Waals surface area contributed by atoms with E-state index in [1.807, 2.05) is 48.5 Å². The van der Waals surface area contributed by atoms with Gasteiger partial charge in [-0.1, -0.05) is 36.0 Å². The molecule has 0 aliphatic rings. The third kappa shape index (κ3) is 2.32. The van der Waals surface area contributed by atoms with Crippen molar-refractivity contribution in [2.24, 2.45) is 5.73 Å². The van der Waals surface area contributed by atoms with Gasteiger partial charge in [-0.3, -0.25) is 0 Å². The van der Waals surface area contributed by atoms with Gasteiger partial charge < -0.3 is 5.73 Å². The molecule has 0 aliphatic carbocycles. The molecule has 0 aliphatic heterocycles. The third-order valence-electron chi connectivity index (χ3n) is 2.73. The van der Waals surface area contributed by atoms with Gasteiger partial charge in [0.1, 0.15) is 0 Å². The van der Waals surface area contributed by atoms with Crippen molar-refractivity contribution in [3.63, 3.8) is 0 Å². The molecule has 1 aromatic heterocycles. The molecule has 2 aromatic carbocycles. The van der Waals surface area contributed by atoms with E-state index >= 15 is 0 Å². The van der Waals surface area contributed by atoms with Crippen molar-refractivity contribution in [2.45, 2.75) is 9.79 Å². The summed E-state index contributed by atoms with van der Waals surface area (Å²) in [6.45, 7) is 0. The quantitative estimate of drug-likeness (QED) is 0.777. The van der Waals surface area contributed by atoms with Crippen molar-refractivity contribution in [3.8, 4) is 0 Å². The average molecular weight is 269 g/mol. The van der Waals surface area contributed by atoms with Gasteiger partial charge >= 0.3 is 6.03 Å². The SMILES string of the molecule is NC(=O)n1ncc2ccc(Sc3ccccc3)cc21. The van der Waals surface area contributed by atoms with E-state index < -0.39 is 6.03 Å². The minimum Gasteiger partial charge on any atom is -0.350 e. The standard InChI is InChI=1S/C14H11N3OS/c15-14(18)17-13-8-12(7-6-10(13)9-16-17)19-11-4-2-1-3-5-11/h1-9H,(H2,15,18). The highest BCUT2D eigenvalue weighted by Gasteiger charge is 2.08. The van der Waals surface area contributed by atoms with Crippen LogP contribution in [0.4, 0.5) is 4.79 Å². The van der Waals surface area contributed by atoms with E-state index in [0.29, 0.717) is 0 Å². The van der Waals surface area contributed by atoms with E-state index in [2.05, 4.69) is 5.10 Å². The molecule has 0 saturated carbocycles. The summed E-state index contributed by atoms with van der Waals surface area (Å²) in [6.07, 6.45) is 1.64. The first-order valence-electron chi connectivity index (χ1n) is 5.74. The second-order valence-electron chi connectivity index (χ2n) is 4.03. The molecule has 3 aromatic rings. The van der Waals surface area contributed by atoms with Crippen LogP contribution in [0, 0.1) is 0 Å². The summed E-state index contributed by atoms with van der Waals surface area (Å²) in [7, 11) is 0. The predicted molar refractivity (Wildman–Crippen MR) is 75.3 cm³/mol. The van der Waals surface area contributed by atoms with E-state index in [0.717, 1.165) is 20.7 Å². The Hall–Kier alpha value is -2.27. The minimum absolute atomic E-state index is 0.572. The van der Waals surface area contributed by atoms with Crippen molar-refractivity contribution in [2.75, 3.05) is 0 Å². The van der Waals surface area contributed by atoms with Gasteiger partial charge in [0, 0.05) is 15.2 Å². The van der Waals surface area contributed by atoms with Gasteiger partial charge in [0.25, 0.3) is 0 Å². The molecule has 0 fully saturated rings. The Balaban J connectivity index is 2.01. The summed E-state index contributed by atoms with van der Waals surface area (Å²) in [5.74, 6) is 0. The van der Waals surface area contributed by atoms with Crippen molar-refractivity contribution < 1.29 is 4.79 Å². The Morgan fingerprint density at radius 1 is 1.11 bits per heavy atom. The summed E-state index contributed by atoms with van der Waals surface area (Å²) in [6, 6.07) is 15.3. The molecule has 0 unspecified atom stereocenters. The van der Waals surface area contributed by atoms with Gasteiger partial charge in [0.15, 0.2) is 0 Å². The van der Waals surface area contributed by atoms with Gasteiger partial charge in [0.2, 0.25) is 0 Å². The number of hydrogen-bond acceptors (Lipinski definition) is 3. The molecule has 4 nitrogen and oxygen atoms in total. The maximum absolute atomic E-state index is 11.3. The maximum atomic E-state index is 11.3. The highest BCUT2D eigenvalue weighted by molar-refractivity contribution is 7.99. The summed E-state index contributed by atoms with van der Waals surface area (Å²) in [5.41, 5.74) is 6.01. The van der Waals surface area contributed by atoms with Crippen LogP contribution in [0.2, 0.25) is 0 Å². The lowest BCUT2D eigenvalue weighted by Gasteiger charge is -2.02. The van der Waals surface area contributed by atoms with Crippen LogP contribution in [0.15, 0.2) is 64.5 Å². The fourth-order valence-electron chi connectivity index (χ4n) is 1.86. The van der Waals surface area contributed by atoms with E-state index in [1.54, 1.807) is 18.0 Å². The van der Waals surface area contributed by atoms with Crippen molar-refractivity contribution >= 4 is 28.7 Å². The summed E-state index contributed by atoms with van der Waals surface area (Å²) in [5, 5.41) is 4.88. The Labute approximate surface area is 114 Å². The summed E-state index contributed by atoms with van der Waals surface area (Å²) < 4.78 is 1.21. The maximum Gasteiger partial charge on any atom is 0.340 e. The van der Waals surface area contributed by atoms with Crippen LogP contribution in [-0.4, -0.2) is 15.8 Å². The zero-order chi connectivity index (χ0) is 13.2. The highest BCUT2D eigenvalue weighted by atomic mass is 32.2. The van der Waals surface area contributed by atoms with Crippen LogP contribution in [0.25, 0.3) is 10.9 Å². The fourth-order valence-corrected chi connectivity index (χ4v) is 2.73. The number of primary amides is 1. The molecule has 1 heterocycles. The van der Waals surface area contributed by atoms with Gasteiger partial charge in [-0.25, -0.2) is 4.79 Å². The van der Waals surface area contributed by atoms with Gasteiger partial charge in [-0.05, 0) is 24.3 Å². The molecule has 0 saturated heterocycles. The number of aromatic nitrogens is 2. The Morgan fingerprint density at radius 3 is 2.63 bits per heavy atom. The van der Waals surface area contributed by atoms with Crippen molar-refractivity contribution in [1.82, 2.24) is 9.78 Å². The number of fused-ring (bicyclic) bond motifs is 1. The highest BCUT2D eigenvalue weighted by Crippen LogP contribution is 2.29. The first-order chi connectivity index (χ1) is 9.24. The van der Waals surface area contributed by atoms with E-state index in [1.165, 1.54) is 4.68 Å². The Morgan fingerprint density at radius 2 is 1.89 bits per heavy atom. The lowest BCUT2D eigenvalue weighted by atomic mass is 10.2. The molecular weight excluding hydrogens is 258 g/mol. The number of nitrogens with two attached hydrogens (primary N) is 1. The number of nitrogens with zero attached hydrogens (tertiary/aromatic N) is 2. The lowest BCUT2D eigenvalue weighted by Crippen LogP contribution is -2.20. The first-order valence-corrected chi connectivity index (χ1v) is 6.56. The first kappa shape index (κ1) is 11.8. The molecular formula is C14H11N3OS. The van der Waals surface area contributed by atoms with Crippen molar-refractivity contribution in [3.05, 3.63) is 54.7 Å². The van der Waals surface area contributed by atoms with Crippen LogP contribution in [0.5, 0.6) is 0 Å². The van der Waals surface area contributed by atoms with Crippen LogP contribution >= 0.6 is 11.8 Å². The number of amides is 1. The number of rotatable bonds is 2. The van der Waals surface area contributed by atoms with Crippen LogP contribution in [-0.2, 0) is 0 Å². The fraction of sp³-hybridized carbons (Fsp3) is 0. The van der Waals surface area contributed by atoms with Crippen molar-refractivity contribution in [1.29, 1.82) is 0 Å². The molecule has 3 rings (SSSR count). The van der Waals surface area contributed by atoms with Gasteiger partial charge in [0.05, 0.1) is 11.7 Å². The van der Waals surface area contributed by atoms with Gasteiger partial charge in [-0.2, -0.15) is 9.78 Å². The Bertz CT molecular complexity index is 737. The molecule has 19 heavy (non-hydrogen) atoms. The van der Waals surface area contributed by atoms with Crippen LogP contribution in [0.1, 0.15) is 0 Å². The molecule has 5 heteroatoms. The van der Waals surface area contributed by atoms with E-state index in [9.17, 15) is 4.79 Å². The molecule has 0 bridgehead atoms. The smallest absolute Gasteiger partial charge is 0.340 e. The second-order valence-corrected chi connectivity index (χ2v) is 5.18. The predicted octanol–water partition coefficient (Wildman–Crippen LogP) is 3.11. The van der Waals surface area contributed by atoms with E-state index in [-0.39, 0.29) is 0 Å². The Kier molecular flexibility index (Phi) is 2.97. The average Bonchev–Trinajstić information content (AvgIpc) is 2.83. The summed E-state index contributed by atoms with van der Waals surface area (Å²) in [4.78, 5) is 13.5. The molecule has 0 spiro atoms. The zero-order valence-corrected chi connectivity index (χ0v) is 10.8. The number of carbonyl (C=O) groups is 1. The molecule has 2 N–H and O–H groups in total. The normalized spacial score (nSPS) is 10.7. The number of hydrogen-bond donors (Lipinski definition) is 1. The lowest BCUT2D eigenvalue weighted by molar-refractivity contribution is 0.248. The summed E-state index contributed by atoms with van der Waals surface area (Å²) >= 11 is 1.63.